The molecule has 2 aromatic carbocycles. The van der Waals surface area contributed by atoms with E-state index in [4.69, 9.17) is 4.98 Å². The van der Waals surface area contributed by atoms with Gasteiger partial charge in [0.1, 0.15) is 0 Å². The molecule has 0 amide bonds. The molecule has 0 unspecified atom stereocenters. The summed E-state index contributed by atoms with van der Waals surface area (Å²) in [4.78, 5) is 6.08. The van der Waals surface area contributed by atoms with E-state index >= 15 is 0 Å². The van der Waals surface area contributed by atoms with E-state index in [9.17, 15) is 5.11 Å². The van der Waals surface area contributed by atoms with Crippen LogP contribution in [0.4, 0.5) is 0 Å². The van der Waals surface area contributed by atoms with Gasteiger partial charge in [-0.15, -0.1) is 0 Å². The Morgan fingerprint density at radius 2 is 1.50 bits per heavy atom. The van der Waals surface area contributed by atoms with Gasteiger partial charge in [0.15, 0.2) is 11.4 Å². The highest BCUT2D eigenvalue weighted by Crippen LogP contribution is 2.47. The number of imidazole rings is 1. The van der Waals surface area contributed by atoms with Gasteiger partial charge in [-0.05, 0) is 16.4 Å². The third-order valence-corrected chi connectivity index (χ3v) is 5.92. The van der Waals surface area contributed by atoms with Crippen molar-refractivity contribution in [3.63, 3.8) is 0 Å². The van der Waals surface area contributed by atoms with Gasteiger partial charge in [0.2, 0.25) is 0 Å². The largest absolute Gasteiger partial charge is 0.369 e. The number of hydrogen-bond acceptors (Lipinski definition) is 3. The lowest BCUT2D eigenvalue weighted by Crippen LogP contribution is -2.17. The fraction of sp³-hybridized carbons (Fsp3) is 0.227. The van der Waals surface area contributed by atoms with Crippen LogP contribution in [0.25, 0.3) is 22.5 Å². The lowest BCUT2D eigenvalue weighted by atomic mass is 9.95. The van der Waals surface area contributed by atoms with E-state index in [1.54, 1.807) is 11.8 Å². The molecule has 0 saturated carbocycles. The third kappa shape index (κ3) is 3.00. The lowest BCUT2D eigenvalue weighted by Gasteiger charge is -2.28. The molecule has 4 rings (SSSR count). The number of hydrogen-bond donors (Lipinski definition) is 1. The molecular formula is C22H22N2OS. The van der Waals surface area contributed by atoms with Gasteiger partial charge in [-0.2, -0.15) is 0 Å². The van der Waals surface area contributed by atoms with Crippen LogP contribution in [0.2, 0.25) is 0 Å². The predicted molar refractivity (Wildman–Crippen MR) is 108 cm³/mol. The normalized spacial score (nSPS) is 16.9. The van der Waals surface area contributed by atoms with Crippen molar-refractivity contribution in [2.75, 3.05) is 0 Å². The van der Waals surface area contributed by atoms with Gasteiger partial charge in [-0.1, -0.05) is 93.2 Å². The summed E-state index contributed by atoms with van der Waals surface area (Å²) in [6, 6.07) is 20.3. The Kier molecular flexibility index (Phi) is 4.25. The fourth-order valence-corrected chi connectivity index (χ4v) is 4.27. The summed E-state index contributed by atoms with van der Waals surface area (Å²) in [7, 11) is 0. The van der Waals surface area contributed by atoms with Crippen molar-refractivity contribution in [1.82, 2.24) is 9.55 Å². The molecule has 26 heavy (non-hydrogen) atoms. The Bertz CT molecular complexity index is 953. The summed E-state index contributed by atoms with van der Waals surface area (Å²) in [6.07, 6.45) is 1.22. The van der Waals surface area contributed by atoms with Crippen LogP contribution in [-0.2, 0) is 0 Å². The molecule has 1 aliphatic rings. The van der Waals surface area contributed by atoms with Crippen molar-refractivity contribution in [2.45, 2.75) is 32.2 Å². The molecule has 1 atom stereocenters. The van der Waals surface area contributed by atoms with E-state index < -0.39 is 6.23 Å². The number of nitrogens with zero attached hydrogens (tertiary/aromatic N) is 2. The molecule has 3 aromatic rings. The van der Waals surface area contributed by atoms with Crippen molar-refractivity contribution in [1.29, 1.82) is 0 Å². The Balaban J connectivity index is 1.94. The number of aliphatic hydroxyl groups excluding tert-OH is 1. The highest BCUT2D eigenvalue weighted by atomic mass is 32.2. The first-order valence-corrected chi connectivity index (χ1v) is 9.58. The molecule has 3 nitrogen and oxygen atoms in total. The maximum absolute atomic E-state index is 10.9. The molecule has 0 radical (unpaired) electrons. The summed E-state index contributed by atoms with van der Waals surface area (Å²) >= 11 is 1.64. The Labute approximate surface area is 158 Å². The molecular weight excluding hydrogens is 340 g/mol. The number of aromatic nitrogens is 2. The highest BCUT2D eigenvalue weighted by molar-refractivity contribution is 8.03. The predicted octanol–water partition coefficient (Wildman–Crippen LogP) is 5.74. The molecule has 0 bridgehead atoms. The zero-order valence-electron chi connectivity index (χ0n) is 15.2. The van der Waals surface area contributed by atoms with Crippen molar-refractivity contribution in [3.8, 4) is 22.5 Å². The summed E-state index contributed by atoms with van der Waals surface area (Å²) in [5.41, 5.74) is 3.94. The maximum atomic E-state index is 10.9. The molecule has 1 N–H and O–H groups in total. The van der Waals surface area contributed by atoms with Crippen LogP contribution in [0.3, 0.4) is 0 Å². The smallest absolute Gasteiger partial charge is 0.176 e. The SMILES string of the molecule is CC(C)(C)C1=C[C@@H](O)n2c(nc(-c3ccccc3)c2-c2ccccc2)S1. The average Bonchev–Trinajstić information content (AvgIpc) is 3.02. The van der Waals surface area contributed by atoms with E-state index in [1.807, 2.05) is 47.0 Å². The summed E-state index contributed by atoms with van der Waals surface area (Å²) < 4.78 is 1.94. The molecule has 1 aromatic heterocycles. The molecule has 1 aliphatic heterocycles. The average molecular weight is 362 g/mol. The first-order valence-electron chi connectivity index (χ1n) is 8.76. The van der Waals surface area contributed by atoms with E-state index in [-0.39, 0.29) is 5.41 Å². The van der Waals surface area contributed by atoms with Crippen LogP contribution in [0, 0.1) is 5.41 Å². The minimum absolute atomic E-state index is 0.0251. The van der Waals surface area contributed by atoms with E-state index in [0.717, 1.165) is 32.6 Å². The third-order valence-electron chi connectivity index (χ3n) is 4.48. The maximum Gasteiger partial charge on any atom is 0.176 e. The number of aliphatic hydroxyl groups is 1. The summed E-state index contributed by atoms with van der Waals surface area (Å²) in [5, 5.41) is 11.8. The van der Waals surface area contributed by atoms with E-state index in [2.05, 4.69) is 45.0 Å². The zero-order chi connectivity index (χ0) is 18.3. The molecule has 132 valence electrons. The summed E-state index contributed by atoms with van der Waals surface area (Å²) in [5.74, 6) is 0. The van der Waals surface area contributed by atoms with Gasteiger partial charge in [0.25, 0.3) is 0 Å². The molecule has 4 heteroatoms. The van der Waals surface area contributed by atoms with Crippen molar-refractivity contribution in [2.24, 2.45) is 5.41 Å². The summed E-state index contributed by atoms with van der Waals surface area (Å²) in [6.45, 7) is 6.48. The minimum Gasteiger partial charge on any atom is -0.369 e. The van der Waals surface area contributed by atoms with Crippen LogP contribution < -0.4 is 0 Å². The molecule has 0 spiro atoms. The number of rotatable bonds is 2. The van der Waals surface area contributed by atoms with Gasteiger partial charge in [0.05, 0.1) is 11.4 Å². The van der Waals surface area contributed by atoms with Crippen LogP contribution >= 0.6 is 11.8 Å². The van der Waals surface area contributed by atoms with Gasteiger partial charge >= 0.3 is 0 Å². The van der Waals surface area contributed by atoms with Crippen molar-refractivity contribution in [3.05, 3.63) is 71.6 Å². The van der Waals surface area contributed by atoms with Crippen LogP contribution in [0.1, 0.15) is 27.0 Å². The molecule has 0 saturated heterocycles. The molecule has 0 fully saturated rings. The van der Waals surface area contributed by atoms with Crippen molar-refractivity contribution < 1.29 is 5.11 Å². The Morgan fingerprint density at radius 1 is 0.923 bits per heavy atom. The van der Waals surface area contributed by atoms with E-state index in [0.29, 0.717) is 0 Å². The Hall–Kier alpha value is -2.30. The second-order valence-corrected chi connectivity index (χ2v) is 8.50. The number of fused-ring (bicyclic) bond motifs is 1. The topological polar surface area (TPSA) is 38.0 Å². The Morgan fingerprint density at radius 3 is 2.08 bits per heavy atom. The quantitative estimate of drug-likeness (QED) is 0.631. The van der Waals surface area contributed by atoms with Crippen LogP contribution in [-0.4, -0.2) is 14.7 Å². The first-order chi connectivity index (χ1) is 12.4. The standard InChI is InChI=1S/C22H22N2OS/c1-22(2,3)17-14-18(25)24-20(16-12-8-5-9-13-16)19(23-21(24)26-17)15-10-6-4-7-11-15/h4-14,18,25H,1-3H3/t18-/m1/s1. The highest BCUT2D eigenvalue weighted by Gasteiger charge is 2.31. The first kappa shape index (κ1) is 17.1. The number of allylic oxidation sites excluding steroid dienone is 1. The monoisotopic (exact) mass is 362 g/mol. The van der Waals surface area contributed by atoms with Crippen LogP contribution in [0.15, 0.2) is 76.8 Å². The zero-order valence-corrected chi connectivity index (χ0v) is 16.0. The van der Waals surface area contributed by atoms with Gasteiger partial charge in [0, 0.05) is 11.1 Å². The fourth-order valence-electron chi connectivity index (χ4n) is 3.14. The minimum atomic E-state index is -0.722. The number of benzene rings is 2. The van der Waals surface area contributed by atoms with Gasteiger partial charge in [-0.3, -0.25) is 4.57 Å². The van der Waals surface area contributed by atoms with Crippen molar-refractivity contribution >= 4 is 11.8 Å². The van der Waals surface area contributed by atoms with E-state index in [1.165, 1.54) is 0 Å². The van der Waals surface area contributed by atoms with Gasteiger partial charge in [-0.25, -0.2) is 4.98 Å². The molecule has 2 heterocycles. The number of thioether (sulfide) groups is 1. The lowest BCUT2D eigenvalue weighted by molar-refractivity contribution is 0.143. The second-order valence-electron chi connectivity index (χ2n) is 7.49. The van der Waals surface area contributed by atoms with Gasteiger partial charge < -0.3 is 5.11 Å². The van der Waals surface area contributed by atoms with Crippen LogP contribution in [0.5, 0.6) is 0 Å². The second kappa shape index (κ2) is 6.45. The molecule has 0 aliphatic carbocycles.